The zero-order valence-electron chi connectivity index (χ0n) is 10.3. The maximum atomic E-state index is 9.21. The Morgan fingerprint density at radius 2 is 2.28 bits per heavy atom. The van der Waals surface area contributed by atoms with E-state index in [0.717, 1.165) is 23.2 Å². The fourth-order valence-corrected chi connectivity index (χ4v) is 3.58. The fourth-order valence-electron chi connectivity index (χ4n) is 3.09. The average molecular weight is 312 g/mol. The zero-order valence-corrected chi connectivity index (χ0v) is 11.9. The number of aliphatic hydroxyl groups excluding tert-OH is 1. The molecule has 1 aliphatic carbocycles. The molecule has 18 heavy (non-hydrogen) atoms. The van der Waals surface area contributed by atoms with Crippen LogP contribution in [0.4, 0.5) is 5.69 Å². The third-order valence-electron chi connectivity index (χ3n) is 4.02. The molecule has 2 unspecified atom stereocenters. The van der Waals surface area contributed by atoms with Gasteiger partial charge in [-0.05, 0) is 37.0 Å². The number of hydrogen-bond acceptors (Lipinski definition) is 3. The molecule has 1 N–H and O–H groups in total. The maximum Gasteiger partial charge on any atom is 0.0779 e. The molecular weight excluding hydrogens is 294 g/mol. The Hall–Kier alpha value is -0.580. The summed E-state index contributed by atoms with van der Waals surface area (Å²) in [5, 5.41) is 9.21. The fraction of sp³-hybridized carbons (Fsp3) is 0.571. The molecule has 1 aromatic rings. The van der Waals surface area contributed by atoms with E-state index in [1.807, 2.05) is 6.07 Å². The van der Waals surface area contributed by atoms with Crippen molar-refractivity contribution in [2.24, 2.45) is 0 Å². The molecule has 0 aromatic heterocycles. The first-order valence-corrected chi connectivity index (χ1v) is 7.36. The Balaban J connectivity index is 1.87. The largest absolute Gasteiger partial charge is 0.392 e. The number of ether oxygens (including phenoxy) is 1. The van der Waals surface area contributed by atoms with E-state index in [1.165, 1.54) is 24.9 Å². The minimum Gasteiger partial charge on any atom is -0.392 e. The molecular formula is C14H18BrNO2. The summed E-state index contributed by atoms with van der Waals surface area (Å²) in [4.78, 5) is 2.47. The van der Waals surface area contributed by atoms with Gasteiger partial charge in [-0.2, -0.15) is 0 Å². The van der Waals surface area contributed by atoms with Crippen LogP contribution < -0.4 is 4.90 Å². The lowest BCUT2D eigenvalue weighted by atomic mass is 10.1. The van der Waals surface area contributed by atoms with Crippen LogP contribution in [0.5, 0.6) is 0 Å². The number of morpholine rings is 1. The van der Waals surface area contributed by atoms with E-state index in [1.54, 1.807) is 0 Å². The third-order valence-corrected chi connectivity index (χ3v) is 4.76. The topological polar surface area (TPSA) is 32.7 Å². The molecule has 2 fully saturated rings. The van der Waals surface area contributed by atoms with Crippen LogP contribution >= 0.6 is 15.9 Å². The molecule has 1 aliphatic heterocycles. The Morgan fingerprint density at radius 1 is 1.39 bits per heavy atom. The smallest absolute Gasteiger partial charge is 0.0779 e. The molecule has 3 nitrogen and oxygen atoms in total. The quantitative estimate of drug-likeness (QED) is 0.911. The van der Waals surface area contributed by atoms with Crippen molar-refractivity contribution < 1.29 is 9.84 Å². The number of halogens is 1. The lowest BCUT2D eigenvalue weighted by Gasteiger charge is -2.39. The summed E-state index contributed by atoms with van der Waals surface area (Å²) in [6.45, 7) is 1.86. The normalized spacial score (nSPS) is 27.3. The molecule has 0 bridgehead atoms. The molecule has 0 radical (unpaired) electrons. The number of rotatable bonds is 2. The van der Waals surface area contributed by atoms with Gasteiger partial charge in [-0.25, -0.2) is 0 Å². The summed E-state index contributed by atoms with van der Waals surface area (Å²) in [6.07, 6.45) is 4.10. The van der Waals surface area contributed by atoms with Gasteiger partial charge in [0.05, 0.1) is 25.4 Å². The Bertz CT molecular complexity index is 438. The number of aliphatic hydroxyl groups is 1. The predicted octanol–water partition coefficient (Wildman–Crippen LogP) is 2.70. The van der Waals surface area contributed by atoms with Gasteiger partial charge in [0.1, 0.15) is 0 Å². The molecule has 2 atom stereocenters. The van der Waals surface area contributed by atoms with E-state index in [-0.39, 0.29) is 6.61 Å². The van der Waals surface area contributed by atoms with Crippen molar-refractivity contribution in [2.45, 2.75) is 38.0 Å². The van der Waals surface area contributed by atoms with Gasteiger partial charge in [0.25, 0.3) is 0 Å². The molecule has 98 valence electrons. The van der Waals surface area contributed by atoms with Gasteiger partial charge in [-0.3, -0.25) is 0 Å². The van der Waals surface area contributed by atoms with E-state index in [2.05, 4.69) is 33.0 Å². The zero-order chi connectivity index (χ0) is 12.5. The van der Waals surface area contributed by atoms with Crippen LogP contribution in [0.1, 0.15) is 24.8 Å². The summed E-state index contributed by atoms with van der Waals surface area (Å²) < 4.78 is 6.82. The van der Waals surface area contributed by atoms with Gasteiger partial charge in [0, 0.05) is 16.7 Å². The Kier molecular flexibility index (Phi) is 3.59. The molecule has 1 heterocycles. The monoisotopic (exact) mass is 311 g/mol. The second-order valence-electron chi connectivity index (χ2n) is 5.03. The van der Waals surface area contributed by atoms with Crippen molar-refractivity contribution in [1.29, 1.82) is 0 Å². The molecule has 3 rings (SSSR count). The van der Waals surface area contributed by atoms with E-state index in [0.29, 0.717) is 12.1 Å². The van der Waals surface area contributed by atoms with Crippen molar-refractivity contribution in [2.75, 3.05) is 18.1 Å². The summed E-state index contributed by atoms with van der Waals surface area (Å²) in [6, 6.07) is 6.76. The van der Waals surface area contributed by atoms with E-state index in [9.17, 15) is 5.11 Å². The number of benzene rings is 1. The molecule has 1 aromatic carbocycles. The third kappa shape index (κ3) is 2.17. The molecule has 1 saturated heterocycles. The first-order valence-electron chi connectivity index (χ1n) is 6.57. The van der Waals surface area contributed by atoms with Crippen molar-refractivity contribution in [3.63, 3.8) is 0 Å². The lowest BCUT2D eigenvalue weighted by Crippen LogP contribution is -2.48. The Labute approximate surface area is 116 Å². The van der Waals surface area contributed by atoms with Gasteiger partial charge in [0.15, 0.2) is 0 Å². The van der Waals surface area contributed by atoms with Crippen LogP contribution in [0.15, 0.2) is 22.7 Å². The molecule has 2 aliphatic rings. The highest BCUT2D eigenvalue weighted by molar-refractivity contribution is 9.10. The van der Waals surface area contributed by atoms with Gasteiger partial charge >= 0.3 is 0 Å². The highest BCUT2D eigenvalue weighted by Gasteiger charge is 2.36. The SMILES string of the molecule is OCc1ccc(N2CCOC3CCCC32)cc1Br. The first-order chi connectivity index (χ1) is 8.79. The Morgan fingerprint density at radius 3 is 3.06 bits per heavy atom. The number of hydrogen-bond donors (Lipinski definition) is 1. The van der Waals surface area contributed by atoms with Gasteiger partial charge in [-0.1, -0.05) is 22.0 Å². The lowest BCUT2D eigenvalue weighted by molar-refractivity contribution is 0.0256. The van der Waals surface area contributed by atoms with Crippen LogP contribution in [0.3, 0.4) is 0 Å². The van der Waals surface area contributed by atoms with E-state index in [4.69, 9.17) is 4.74 Å². The van der Waals surface area contributed by atoms with E-state index < -0.39 is 0 Å². The highest BCUT2D eigenvalue weighted by Crippen LogP contribution is 2.34. The van der Waals surface area contributed by atoms with Crippen LogP contribution in [0, 0.1) is 0 Å². The van der Waals surface area contributed by atoms with Crippen LogP contribution in [-0.2, 0) is 11.3 Å². The highest BCUT2D eigenvalue weighted by atomic mass is 79.9. The van der Waals surface area contributed by atoms with Gasteiger partial charge in [0.2, 0.25) is 0 Å². The van der Waals surface area contributed by atoms with Crippen molar-refractivity contribution in [3.8, 4) is 0 Å². The predicted molar refractivity (Wildman–Crippen MR) is 74.8 cm³/mol. The molecule has 0 amide bonds. The average Bonchev–Trinajstić information content (AvgIpc) is 2.86. The van der Waals surface area contributed by atoms with Crippen LogP contribution in [0.2, 0.25) is 0 Å². The van der Waals surface area contributed by atoms with Crippen molar-refractivity contribution in [1.82, 2.24) is 0 Å². The number of anilines is 1. The standard InChI is InChI=1S/C14H18BrNO2/c15-12-8-11(5-4-10(12)9-17)16-6-7-18-14-3-1-2-13(14)16/h4-5,8,13-14,17H,1-3,6-7,9H2. The van der Waals surface area contributed by atoms with Gasteiger partial charge in [-0.15, -0.1) is 0 Å². The molecule has 0 spiro atoms. The summed E-state index contributed by atoms with van der Waals surface area (Å²) >= 11 is 3.53. The minimum atomic E-state index is 0.0794. The second-order valence-corrected chi connectivity index (χ2v) is 5.89. The molecule has 4 heteroatoms. The maximum absolute atomic E-state index is 9.21. The summed E-state index contributed by atoms with van der Waals surface area (Å²) in [5.41, 5.74) is 2.18. The van der Waals surface area contributed by atoms with Crippen molar-refractivity contribution >= 4 is 21.6 Å². The second kappa shape index (κ2) is 5.19. The summed E-state index contributed by atoms with van der Waals surface area (Å²) in [5.74, 6) is 0. The van der Waals surface area contributed by atoms with E-state index >= 15 is 0 Å². The minimum absolute atomic E-state index is 0.0794. The number of fused-ring (bicyclic) bond motifs is 1. The van der Waals surface area contributed by atoms with Crippen molar-refractivity contribution in [3.05, 3.63) is 28.2 Å². The first kappa shape index (κ1) is 12.5. The molecule has 1 saturated carbocycles. The van der Waals surface area contributed by atoms with Crippen LogP contribution in [0.25, 0.3) is 0 Å². The summed E-state index contributed by atoms with van der Waals surface area (Å²) in [7, 11) is 0. The number of nitrogens with zero attached hydrogens (tertiary/aromatic N) is 1. The van der Waals surface area contributed by atoms with Gasteiger partial charge < -0.3 is 14.7 Å². The van der Waals surface area contributed by atoms with Crippen LogP contribution in [-0.4, -0.2) is 30.4 Å².